The first kappa shape index (κ1) is 26.8. The van der Waals surface area contributed by atoms with Gasteiger partial charge >= 0.3 is 5.97 Å². The minimum absolute atomic E-state index is 0.237. The molecule has 1 amide bonds. The fourth-order valence-corrected chi connectivity index (χ4v) is 3.23. The summed E-state index contributed by atoms with van der Waals surface area (Å²) in [5.41, 5.74) is 4.43. The van der Waals surface area contributed by atoms with Gasteiger partial charge in [0.1, 0.15) is 5.75 Å². The predicted molar refractivity (Wildman–Crippen MR) is 139 cm³/mol. The van der Waals surface area contributed by atoms with Crippen LogP contribution in [0.2, 0.25) is 0 Å². The fraction of sp³-hybridized carbons (Fsp3) is 0.179. The molecule has 3 rings (SSSR count). The molecule has 0 fully saturated rings. The van der Waals surface area contributed by atoms with Gasteiger partial charge in [0, 0.05) is 0 Å². The summed E-state index contributed by atoms with van der Waals surface area (Å²) in [7, 11) is 4.54. The summed E-state index contributed by atoms with van der Waals surface area (Å²) < 4.78 is 26.7. The maximum absolute atomic E-state index is 12.4. The summed E-state index contributed by atoms with van der Waals surface area (Å²) in [6, 6.07) is 16.8. The van der Waals surface area contributed by atoms with Gasteiger partial charge in [-0.05, 0) is 72.1 Å². The molecule has 0 aliphatic carbocycles. The SMILES string of the molecule is C=CCc1ccc(OCC(=O)N/N=C\c2ccc(OC(=O)c3ccc(OC)c(OC)c3)cc2)c(OC)c1. The van der Waals surface area contributed by atoms with E-state index in [4.69, 9.17) is 23.7 Å². The molecule has 3 aromatic rings. The molecule has 9 heteroatoms. The van der Waals surface area contributed by atoms with Crippen molar-refractivity contribution in [3.8, 4) is 28.7 Å². The summed E-state index contributed by atoms with van der Waals surface area (Å²) in [5, 5.41) is 3.93. The van der Waals surface area contributed by atoms with E-state index in [1.54, 1.807) is 54.6 Å². The number of esters is 1. The van der Waals surface area contributed by atoms with Crippen molar-refractivity contribution < 1.29 is 33.3 Å². The van der Waals surface area contributed by atoms with E-state index in [0.717, 1.165) is 5.56 Å². The van der Waals surface area contributed by atoms with Crippen molar-refractivity contribution in [3.63, 3.8) is 0 Å². The summed E-state index contributed by atoms with van der Waals surface area (Å²) in [5.74, 6) is 1.30. The van der Waals surface area contributed by atoms with Gasteiger partial charge in [0.25, 0.3) is 5.91 Å². The summed E-state index contributed by atoms with van der Waals surface area (Å²) in [6.07, 6.45) is 3.96. The first-order valence-electron chi connectivity index (χ1n) is 11.2. The van der Waals surface area contributed by atoms with Crippen LogP contribution in [-0.4, -0.2) is 46.0 Å². The molecule has 0 aliphatic rings. The number of carbonyl (C=O) groups excluding carboxylic acids is 2. The highest BCUT2D eigenvalue weighted by molar-refractivity contribution is 5.92. The Balaban J connectivity index is 1.50. The van der Waals surface area contributed by atoms with Crippen molar-refractivity contribution in [3.05, 3.63) is 90.0 Å². The zero-order valence-electron chi connectivity index (χ0n) is 20.9. The Morgan fingerprint density at radius 1 is 0.865 bits per heavy atom. The Morgan fingerprint density at radius 2 is 1.54 bits per heavy atom. The molecule has 192 valence electrons. The van der Waals surface area contributed by atoms with Crippen molar-refractivity contribution in [2.75, 3.05) is 27.9 Å². The van der Waals surface area contributed by atoms with Gasteiger partial charge < -0.3 is 23.7 Å². The van der Waals surface area contributed by atoms with Gasteiger partial charge in [-0.2, -0.15) is 5.10 Å². The van der Waals surface area contributed by atoms with Crippen LogP contribution in [0.25, 0.3) is 0 Å². The number of methoxy groups -OCH3 is 3. The lowest BCUT2D eigenvalue weighted by molar-refractivity contribution is -0.123. The van der Waals surface area contributed by atoms with Crippen LogP contribution >= 0.6 is 0 Å². The molecule has 0 atom stereocenters. The van der Waals surface area contributed by atoms with E-state index in [-0.39, 0.29) is 6.61 Å². The minimum atomic E-state index is -0.540. The highest BCUT2D eigenvalue weighted by Gasteiger charge is 2.13. The monoisotopic (exact) mass is 504 g/mol. The molecule has 0 radical (unpaired) electrons. The Bertz CT molecular complexity index is 1270. The molecule has 0 spiro atoms. The second-order valence-corrected chi connectivity index (χ2v) is 7.59. The van der Waals surface area contributed by atoms with Crippen LogP contribution in [0, 0.1) is 0 Å². The standard InChI is InChI=1S/C28H28N2O7/c1-5-6-19-9-13-24(25(15-19)34-3)36-18-27(31)30-29-17-20-7-11-22(12-8-20)37-28(32)21-10-14-23(33-2)26(16-21)35-4/h5,7-17H,1,6,18H2,2-4H3,(H,30,31)/b29-17-. The van der Waals surface area contributed by atoms with E-state index in [9.17, 15) is 9.59 Å². The highest BCUT2D eigenvalue weighted by Crippen LogP contribution is 2.29. The molecule has 0 saturated carbocycles. The maximum Gasteiger partial charge on any atom is 0.343 e. The summed E-state index contributed by atoms with van der Waals surface area (Å²) >= 11 is 0. The van der Waals surface area contributed by atoms with Crippen LogP contribution in [-0.2, 0) is 11.2 Å². The van der Waals surface area contributed by atoms with Gasteiger partial charge in [-0.1, -0.05) is 12.1 Å². The van der Waals surface area contributed by atoms with Crippen LogP contribution in [0.3, 0.4) is 0 Å². The van der Waals surface area contributed by atoms with Crippen molar-refractivity contribution >= 4 is 18.1 Å². The third-order valence-corrected chi connectivity index (χ3v) is 5.08. The third kappa shape index (κ3) is 7.60. The van der Waals surface area contributed by atoms with E-state index in [0.29, 0.717) is 46.3 Å². The number of nitrogens with one attached hydrogen (secondary N) is 1. The normalized spacial score (nSPS) is 10.5. The Labute approximate surface area is 215 Å². The minimum Gasteiger partial charge on any atom is -0.493 e. The molecule has 37 heavy (non-hydrogen) atoms. The quantitative estimate of drug-likeness (QED) is 0.130. The van der Waals surface area contributed by atoms with Crippen molar-refractivity contribution in [2.24, 2.45) is 5.10 Å². The van der Waals surface area contributed by atoms with E-state index in [2.05, 4.69) is 17.1 Å². The molecule has 3 aromatic carbocycles. The predicted octanol–water partition coefficient (Wildman–Crippen LogP) is 4.19. The van der Waals surface area contributed by atoms with Gasteiger partial charge in [0.15, 0.2) is 29.6 Å². The number of ether oxygens (including phenoxy) is 5. The summed E-state index contributed by atoms with van der Waals surface area (Å²) in [4.78, 5) is 24.5. The van der Waals surface area contributed by atoms with Crippen molar-refractivity contribution in [2.45, 2.75) is 6.42 Å². The molecule has 0 bridgehead atoms. The van der Waals surface area contributed by atoms with Gasteiger partial charge in [-0.25, -0.2) is 10.2 Å². The van der Waals surface area contributed by atoms with Crippen LogP contribution in [0.1, 0.15) is 21.5 Å². The number of amides is 1. The van der Waals surface area contributed by atoms with Crippen molar-refractivity contribution in [1.29, 1.82) is 0 Å². The molecule has 0 heterocycles. The number of hydrogen-bond donors (Lipinski definition) is 1. The van der Waals surface area contributed by atoms with E-state index in [1.165, 1.54) is 27.5 Å². The smallest absolute Gasteiger partial charge is 0.343 e. The second-order valence-electron chi connectivity index (χ2n) is 7.59. The van der Waals surface area contributed by atoms with E-state index < -0.39 is 11.9 Å². The first-order chi connectivity index (χ1) is 18.0. The average Bonchev–Trinajstić information content (AvgIpc) is 2.92. The van der Waals surface area contributed by atoms with Crippen molar-refractivity contribution in [1.82, 2.24) is 5.43 Å². The summed E-state index contributed by atoms with van der Waals surface area (Å²) in [6.45, 7) is 3.48. The largest absolute Gasteiger partial charge is 0.493 e. The number of allylic oxidation sites excluding steroid dienone is 1. The zero-order chi connectivity index (χ0) is 26.6. The molecule has 0 aliphatic heterocycles. The lowest BCUT2D eigenvalue weighted by Crippen LogP contribution is -2.24. The molecule has 1 N–H and O–H groups in total. The van der Waals surface area contributed by atoms with Gasteiger partial charge in [-0.3, -0.25) is 4.79 Å². The molecule has 9 nitrogen and oxygen atoms in total. The number of benzene rings is 3. The number of carbonyl (C=O) groups is 2. The average molecular weight is 505 g/mol. The highest BCUT2D eigenvalue weighted by atomic mass is 16.5. The second kappa shape index (κ2) is 13.3. The Morgan fingerprint density at radius 3 is 2.22 bits per heavy atom. The lowest BCUT2D eigenvalue weighted by Gasteiger charge is -2.11. The molecule has 0 aromatic heterocycles. The Hall–Kier alpha value is -4.79. The topological polar surface area (TPSA) is 105 Å². The molecule has 0 saturated heterocycles. The molecule has 0 unspecified atom stereocenters. The molecular formula is C28H28N2O7. The maximum atomic E-state index is 12.4. The number of rotatable bonds is 12. The first-order valence-corrected chi connectivity index (χ1v) is 11.2. The lowest BCUT2D eigenvalue weighted by atomic mass is 10.1. The van der Waals surface area contributed by atoms with Crippen LogP contribution in [0.5, 0.6) is 28.7 Å². The Kier molecular flexibility index (Phi) is 9.66. The third-order valence-electron chi connectivity index (χ3n) is 5.08. The van der Waals surface area contributed by atoms with E-state index >= 15 is 0 Å². The van der Waals surface area contributed by atoms with Gasteiger partial charge in [-0.15, -0.1) is 6.58 Å². The number of hydrogen-bond acceptors (Lipinski definition) is 8. The number of hydrazone groups is 1. The fourth-order valence-electron chi connectivity index (χ4n) is 3.23. The van der Waals surface area contributed by atoms with E-state index in [1.807, 2.05) is 12.1 Å². The van der Waals surface area contributed by atoms with Crippen LogP contribution < -0.4 is 29.1 Å². The van der Waals surface area contributed by atoms with Gasteiger partial charge in [0.05, 0.1) is 33.1 Å². The molecular weight excluding hydrogens is 476 g/mol. The zero-order valence-corrected chi connectivity index (χ0v) is 20.9. The van der Waals surface area contributed by atoms with Crippen LogP contribution in [0.15, 0.2) is 78.4 Å². The van der Waals surface area contributed by atoms with Crippen LogP contribution in [0.4, 0.5) is 0 Å². The number of nitrogens with zero attached hydrogens (tertiary/aromatic N) is 1. The van der Waals surface area contributed by atoms with Gasteiger partial charge in [0.2, 0.25) is 0 Å².